The molecular weight excluding hydrogens is 254 g/mol. The number of halogens is 2. The standard InChI is InChI=1S/C7H3BBrClN2O/c8-7(9)4-3(10)1-2-11-5(4)12-6(7)13/h1-2H,(H,11,12,13). The van der Waals surface area contributed by atoms with Crippen molar-refractivity contribution in [2.24, 2.45) is 0 Å². The van der Waals surface area contributed by atoms with Gasteiger partial charge in [-0.05, 0) is 6.07 Å². The van der Waals surface area contributed by atoms with E-state index >= 15 is 0 Å². The van der Waals surface area contributed by atoms with Gasteiger partial charge in [-0.3, -0.25) is 4.79 Å². The molecule has 1 N–H and O–H groups in total. The van der Waals surface area contributed by atoms with Crippen LogP contribution < -0.4 is 5.32 Å². The van der Waals surface area contributed by atoms with Crippen molar-refractivity contribution in [3.8, 4) is 0 Å². The van der Waals surface area contributed by atoms with Crippen molar-refractivity contribution < 1.29 is 4.79 Å². The molecule has 2 rings (SSSR count). The monoisotopic (exact) mass is 256 g/mol. The summed E-state index contributed by atoms with van der Waals surface area (Å²) < 4.78 is -1.26. The molecule has 1 amide bonds. The van der Waals surface area contributed by atoms with E-state index in [-0.39, 0.29) is 5.91 Å². The average molecular weight is 257 g/mol. The van der Waals surface area contributed by atoms with Crippen LogP contribution in [0.5, 0.6) is 0 Å². The Morgan fingerprint density at radius 3 is 3.00 bits per heavy atom. The molecule has 0 saturated carbocycles. The normalized spacial score (nSPS) is 25.5. The molecule has 0 spiro atoms. The molecule has 1 aliphatic heterocycles. The fourth-order valence-corrected chi connectivity index (χ4v) is 2.10. The van der Waals surface area contributed by atoms with Crippen molar-refractivity contribution in [2.45, 2.75) is 4.22 Å². The molecule has 1 unspecified atom stereocenters. The van der Waals surface area contributed by atoms with E-state index in [0.717, 1.165) is 0 Å². The van der Waals surface area contributed by atoms with Crippen molar-refractivity contribution in [3.63, 3.8) is 0 Å². The van der Waals surface area contributed by atoms with Gasteiger partial charge >= 0.3 is 0 Å². The molecule has 1 aromatic heterocycles. The second-order valence-electron chi connectivity index (χ2n) is 2.68. The Labute approximate surface area is 89.4 Å². The topological polar surface area (TPSA) is 42.0 Å². The number of amides is 1. The number of carbonyl (C=O) groups is 1. The third kappa shape index (κ3) is 1.18. The van der Waals surface area contributed by atoms with Gasteiger partial charge in [0.2, 0.25) is 5.91 Å². The number of alkyl halides is 1. The van der Waals surface area contributed by atoms with Crippen LogP contribution in [0.2, 0.25) is 5.02 Å². The number of hydrogen-bond donors (Lipinski definition) is 1. The Morgan fingerprint density at radius 2 is 2.38 bits per heavy atom. The lowest BCUT2D eigenvalue weighted by molar-refractivity contribution is -0.116. The summed E-state index contributed by atoms with van der Waals surface area (Å²) in [5.41, 5.74) is 0.488. The number of nitrogens with one attached hydrogen (secondary N) is 1. The van der Waals surface area contributed by atoms with Gasteiger partial charge in [-0.15, -0.1) is 0 Å². The van der Waals surface area contributed by atoms with Crippen molar-refractivity contribution in [2.75, 3.05) is 5.32 Å². The fraction of sp³-hybridized carbons (Fsp3) is 0.143. The largest absolute Gasteiger partial charge is 0.310 e. The second kappa shape index (κ2) is 2.72. The van der Waals surface area contributed by atoms with E-state index in [1.54, 1.807) is 6.07 Å². The SMILES string of the molecule is [B]C1(Br)C(=O)Nc2nccc(Cl)c21. The summed E-state index contributed by atoms with van der Waals surface area (Å²) in [5, 5.41) is 2.94. The van der Waals surface area contributed by atoms with E-state index in [0.29, 0.717) is 16.4 Å². The quantitative estimate of drug-likeness (QED) is 0.564. The van der Waals surface area contributed by atoms with Gasteiger partial charge in [0.1, 0.15) is 13.7 Å². The molecule has 1 atom stereocenters. The number of pyridine rings is 1. The highest BCUT2D eigenvalue weighted by molar-refractivity contribution is 9.10. The zero-order valence-electron chi connectivity index (χ0n) is 6.34. The third-order valence-electron chi connectivity index (χ3n) is 1.83. The second-order valence-corrected chi connectivity index (χ2v) is 4.34. The summed E-state index contributed by atoms with van der Waals surface area (Å²) >= 11 is 8.98. The maximum absolute atomic E-state index is 11.3. The molecule has 6 heteroatoms. The highest BCUT2D eigenvalue weighted by Crippen LogP contribution is 2.42. The fourth-order valence-electron chi connectivity index (χ4n) is 1.19. The van der Waals surface area contributed by atoms with Crippen LogP contribution in [0.4, 0.5) is 5.82 Å². The maximum Gasteiger partial charge on any atom is 0.237 e. The van der Waals surface area contributed by atoms with Crippen LogP contribution in [0.1, 0.15) is 5.56 Å². The molecule has 0 aliphatic carbocycles. The van der Waals surface area contributed by atoms with Gasteiger partial charge in [0, 0.05) is 11.8 Å². The minimum atomic E-state index is -1.26. The number of nitrogens with zero attached hydrogens (tertiary/aromatic N) is 1. The van der Waals surface area contributed by atoms with Gasteiger partial charge in [-0.1, -0.05) is 27.5 Å². The third-order valence-corrected chi connectivity index (χ3v) is 2.90. The molecule has 1 aromatic rings. The Bertz CT molecular complexity index is 396. The van der Waals surface area contributed by atoms with Gasteiger partial charge < -0.3 is 5.32 Å². The molecule has 2 heterocycles. The lowest BCUT2D eigenvalue weighted by Crippen LogP contribution is -2.27. The lowest BCUT2D eigenvalue weighted by atomic mass is 9.82. The first-order chi connectivity index (χ1) is 6.03. The zero-order chi connectivity index (χ0) is 9.64. The van der Waals surface area contributed by atoms with Gasteiger partial charge in [0.15, 0.2) is 0 Å². The molecular formula is C7H3BBrClN2O. The molecule has 3 nitrogen and oxygen atoms in total. The summed E-state index contributed by atoms with van der Waals surface area (Å²) in [6, 6.07) is 1.59. The first-order valence-electron chi connectivity index (χ1n) is 3.47. The van der Waals surface area contributed by atoms with Crippen molar-refractivity contribution in [3.05, 3.63) is 22.8 Å². The highest BCUT2D eigenvalue weighted by Gasteiger charge is 2.42. The number of anilines is 1. The molecule has 0 fully saturated rings. The summed E-state index contributed by atoms with van der Waals surface area (Å²) in [6.45, 7) is 0. The number of aromatic nitrogens is 1. The van der Waals surface area contributed by atoms with E-state index in [1.807, 2.05) is 0 Å². The lowest BCUT2D eigenvalue weighted by Gasteiger charge is -2.13. The summed E-state index contributed by atoms with van der Waals surface area (Å²) in [5.74, 6) is 0.0555. The van der Waals surface area contributed by atoms with Crippen molar-refractivity contribution >= 4 is 47.1 Å². The van der Waals surface area contributed by atoms with E-state index in [4.69, 9.17) is 19.4 Å². The van der Waals surface area contributed by atoms with E-state index in [1.165, 1.54) is 6.20 Å². The maximum atomic E-state index is 11.3. The molecule has 13 heavy (non-hydrogen) atoms. The molecule has 64 valence electrons. The summed E-state index contributed by atoms with van der Waals surface area (Å²) in [4.78, 5) is 15.3. The van der Waals surface area contributed by atoms with Crippen LogP contribution in [0.3, 0.4) is 0 Å². The van der Waals surface area contributed by atoms with Crippen LogP contribution >= 0.6 is 27.5 Å². The van der Waals surface area contributed by atoms with E-state index in [9.17, 15) is 4.79 Å². The smallest absolute Gasteiger partial charge is 0.237 e. The van der Waals surface area contributed by atoms with Crippen LogP contribution in [0, 0.1) is 0 Å². The van der Waals surface area contributed by atoms with Gasteiger partial charge in [-0.2, -0.15) is 0 Å². The van der Waals surface area contributed by atoms with Crippen molar-refractivity contribution in [1.29, 1.82) is 0 Å². The summed E-state index contributed by atoms with van der Waals surface area (Å²) in [7, 11) is 5.71. The first-order valence-corrected chi connectivity index (χ1v) is 4.65. The zero-order valence-corrected chi connectivity index (χ0v) is 8.69. The van der Waals surface area contributed by atoms with Gasteiger partial charge in [0.05, 0.1) is 9.25 Å². The molecule has 2 radical (unpaired) electrons. The van der Waals surface area contributed by atoms with Gasteiger partial charge in [0.25, 0.3) is 0 Å². The molecule has 0 aromatic carbocycles. The van der Waals surface area contributed by atoms with Crippen LogP contribution in [0.15, 0.2) is 12.3 Å². The molecule has 1 aliphatic rings. The molecule has 0 bridgehead atoms. The average Bonchev–Trinajstić information content (AvgIpc) is 2.24. The van der Waals surface area contributed by atoms with Crippen LogP contribution in [-0.2, 0) is 9.02 Å². The number of rotatable bonds is 0. The van der Waals surface area contributed by atoms with Crippen LogP contribution in [-0.4, -0.2) is 18.7 Å². The Hall–Kier alpha value is -0.545. The predicted octanol–water partition coefficient (Wildman–Crippen LogP) is 1.40. The minimum Gasteiger partial charge on any atom is -0.310 e. The van der Waals surface area contributed by atoms with Crippen molar-refractivity contribution in [1.82, 2.24) is 4.98 Å². The van der Waals surface area contributed by atoms with Gasteiger partial charge in [-0.25, -0.2) is 4.98 Å². The number of fused-ring (bicyclic) bond motifs is 1. The van der Waals surface area contributed by atoms with Crippen LogP contribution in [0.25, 0.3) is 0 Å². The van der Waals surface area contributed by atoms with E-state index < -0.39 is 4.22 Å². The van der Waals surface area contributed by atoms with E-state index in [2.05, 4.69) is 26.2 Å². The number of hydrogen-bond acceptors (Lipinski definition) is 2. The highest BCUT2D eigenvalue weighted by atomic mass is 79.9. The minimum absolute atomic E-state index is 0.358. The Balaban J connectivity index is 2.70. The Morgan fingerprint density at radius 1 is 1.69 bits per heavy atom. The predicted molar refractivity (Wildman–Crippen MR) is 54.2 cm³/mol. The first kappa shape index (κ1) is 9.03. The summed E-state index contributed by atoms with van der Waals surface area (Å²) in [6.07, 6.45) is 1.51. The molecule has 0 saturated heterocycles. The number of carbonyl (C=O) groups excluding carboxylic acids is 1. The Kier molecular flexibility index (Phi) is 1.89.